The molecule has 0 aromatic heterocycles. The lowest BCUT2D eigenvalue weighted by Gasteiger charge is -2.43. The van der Waals surface area contributed by atoms with Gasteiger partial charge < -0.3 is 9.64 Å². The van der Waals surface area contributed by atoms with Crippen LogP contribution < -0.4 is 0 Å². The largest absolute Gasteiger partial charge is 0.381 e. The zero-order valence-electron chi connectivity index (χ0n) is 16.3. The number of ether oxygens (including phenoxy) is 1. The Bertz CT molecular complexity index is 734. The summed E-state index contributed by atoms with van der Waals surface area (Å²) in [5.41, 5.74) is 1.13. The van der Waals surface area contributed by atoms with Gasteiger partial charge in [0.05, 0.1) is 4.90 Å². The standard InChI is InChI=1S/C20H30N2O4S/c1-3-17-4-6-20(7-5-17)27(24,25)21-12-8-18(9-13-21)22(16(2)23)19-10-14-26-15-11-19/h4-7,18-19H,3,8-15H2,1-2H3. The van der Waals surface area contributed by atoms with Gasteiger partial charge in [0.1, 0.15) is 0 Å². The molecular formula is C20H30N2O4S. The fourth-order valence-electron chi connectivity index (χ4n) is 4.18. The zero-order valence-corrected chi connectivity index (χ0v) is 17.1. The second-order valence-corrected chi connectivity index (χ2v) is 9.34. The molecule has 150 valence electrons. The van der Waals surface area contributed by atoms with Crippen molar-refractivity contribution >= 4 is 15.9 Å². The number of sulfonamides is 1. The lowest BCUT2D eigenvalue weighted by molar-refractivity contribution is -0.137. The van der Waals surface area contributed by atoms with Gasteiger partial charge in [0.2, 0.25) is 15.9 Å². The second kappa shape index (κ2) is 8.71. The van der Waals surface area contributed by atoms with Crippen LogP contribution in [0.25, 0.3) is 0 Å². The van der Waals surface area contributed by atoms with E-state index in [2.05, 4.69) is 0 Å². The van der Waals surface area contributed by atoms with Gasteiger partial charge in [-0.05, 0) is 49.8 Å². The van der Waals surface area contributed by atoms with E-state index < -0.39 is 10.0 Å². The van der Waals surface area contributed by atoms with Crippen LogP contribution in [0, 0.1) is 0 Å². The van der Waals surface area contributed by atoms with Crippen LogP contribution >= 0.6 is 0 Å². The van der Waals surface area contributed by atoms with Crippen molar-refractivity contribution in [3.8, 4) is 0 Å². The number of carbonyl (C=O) groups excluding carboxylic acids is 1. The summed E-state index contributed by atoms with van der Waals surface area (Å²) in [6.07, 6.45) is 3.98. The van der Waals surface area contributed by atoms with E-state index in [0.717, 1.165) is 24.8 Å². The van der Waals surface area contributed by atoms with Crippen molar-refractivity contribution < 1.29 is 17.9 Å². The third-order valence-corrected chi connectivity index (χ3v) is 7.65. The molecule has 2 aliphatic rings. The van der Waals surface area contributed by atoms with E-state index in [0.29, 0.717) is 44.0 Å². The van der Waals surface area contributed by atoms with E-state index in [1.54, 1.807) is 23.4 Å². The molecule has 2 fully saturated rings. The van der Waals surface area contributed by atoms with Gasteiger partial charge in [-0.2, -0.15) is 4.31 Å². The Labute approximate surface area is 162 Å². The highest BCUT2D eigenvalue weighted by Crippen LogP contribution is 2.27. The van der Waals surface area contributed by atoms with Crippen LogP contribution in [0.2, 0.25) is 0 Å². The van der Waals surface area contributed by atoms with Crippen LogP contribution in [0.15, 0.2) is 29.2 Å². The Hall–Kier alpha value is -1.44. The Balaban J connectivity index is 1.66. The minimum atomic E-state index is -3.47. The van der Waals surface area contributed by atoms with Gasteiger partial charge in [0.15, 0.2) is 0 Å². The molecule has 0 saturated carbocycles. The van der Waals surface area contributed by atoms with Gasteiger partial charge in [0, 0.05) is 45.3 Å². The first-order valence-electron chi connectivity index (χ1n) is 9.89. The molecule has 0 atom stereocenters. The van der Waals surface area contributed by atoms with Crippen LogP contribution in [0.3, 0.4) is 0 Å². The summed E-state index contributed by atoms with van der Waals surface area (Å²) in [5.74, 6) is 0.0818. The van der Waals surface area contributed by atoms with Crippen LogP contribution in [-0.4, -0.2) is 61.9 Å². The molecule has 1 amide bonds. The fourth-order valence-corrected chi connectivity index (χ4v) is 5.65. The van der Waals surface area contributed by atoms with Crippen molar-refractivity contribution in [3.63, 3.8) is 0 Å². The smallest absolute Gasteiger partial charge is 0.243 e. The monoisotopic (exact) mass is 394 g/mol. The van der Waals surface area contributed by atoms with Crippen molar-refractivity contribution in [1.82, 2.24) is 9.21 Å². The summed E-state index contributed by atoms with van der Waals surface area (Å²) in [6, 6.07) is 7.48. The van der Waals surface area contributed by atoms with Crippen LogP contribution in [0.1, 0.15) is 45.1 Å². The molecule has 3 rings (SSSR count). The van der Waals surface area contributed by atoms with E-state index in [4.69, 9.17) is 4.74 Å². The van der Waals surface area contributed by atoms with Gasteiger partial charge in [-0.1, -0.05) is 19.1 Å². The summed E-state index contributed by atoms with van der Waals surface area (Å²) in [7, 11) is -3.47. The maximum absolute atomic E-state index is 12.9. The Morgan fingerprint density at radius 1 is 1.07 bits per heavy atom. The number of aryl methyl sites for hydroxylation is 1. The first-order chi connectivity index (χ1) is 12.9. The second-order valence-electron chi connectivity index (χ2n) is 7.40. The number of carbonyl (C=O) groups is 1. The molecule has 0 radical (unpaired) electrons. The average Bonchev–Trinajstić information content (AvgIpc) is 2.69. The first-order valence-corrected chi connectivity index (χ1v) is 11.3. The molecule has 0 aliphatic carbocycles. The van der Waals surface area contributed by atoms with Crippen LogP contribution in [0.5, 0.6) is 0 Å². The number of hydrogen-bond donors (Lipinski definition) is 0. The summed E-state index contributed by atoms with van der Waals surface area (Å²) in [4.78, 5) is 14.6. The van der Waals surface area contributed by atoms with E-state index >= 15 is 0 Å². The molecule has 2 saturated heterocycles. The third-order valence-electron chi connectivity index (χ3n) is 5.73. The third kappa shape index (κ3) is 4.52. The molecule has 0 spiro atoms. The molecule has 0 bridgehead atoms. The minimum absolute atomic E-state index is 0.0818. The maximum Gasteiger partial charge on any atom is 0.243 e. The number of hydrogen-bond acceptors (Lipinski definition) is 4. The highest BCUT2D eigenvalue weighted by atomic mass is 32.2. The molecule has 2 aliphatic heterocycles. The van der Waals surface area contributed by atoms with Crippen molar-refractivity contribution in [1.29, 1.82) is 0 Å². The van der Waals surface area contributed by atoms with E-state index in [9.17, 15) is 13.2 Å². The maximum atomic E-state index is 12.9. The van der Waals surface area contributed by atoms with E-state index in [1.807, 2.05) is 24.0 Å². The van der Waals surface area contributed by atoms with Crippen molar-refractivity contribution in [2.75, 3.05) is 26.3 Å². The highest BCUT2D eigenvalue weighted by Gasteiger charge is 2.35. The predicted molar refractivity (Wildman–Crippen MR) is 104 cm³/mol. The number of amides is 1. The number of piperidine rings is 1. The normalized spacial score (nSPS) is 20.5. The quantitative estimate of drug-likeness (QED) is 0.769. The molecule has 7 heteroatoms. The van der Waals surface area contributed by atoms with Gasteiger partial charge in [-0.3, -0.25) is 4.79 Å². The molecule has 0 unspecified atom stereocenters. The molecule has 2 heterocycles. The SMILES string of the molecule is CCc1ccc(S(=O)(=O)N2CCC(N(C(C)=O)C3CCOCC3)CC2)cc1. The molecule has 1 aromatic carbocycles. The lowest BCUT2D eigenvalue weighted by Crippen LogP contribution is -2.53. The highest BCUT2D eigenvalue weighted by molar-refractivity contribution is 7.89. The Kier molecular flexibility index (Phi) is 6.55. The first kappa shape index (κ1) is 20.3. The Morgan fingerprint density at radius 3 is 2.15 bits per heavy atom. The molecule has 0 N–H and O–H groups in total. The van der Waals surface area contributed by atoms with E-state index in [-0.39, 0.29) is 18.0 Å². The molecule has 6 nitrogen and oxygen atoms in total. The topological polar surface area (TPSA) is 66.9 Å². The van der Waals surface area contributed by atoms with Crippen LogP contribution in [0.4, 0.5) is 0 Å². The summed E-state index contributed by atoms with van der Waals surface area (Å²) >= 11 is 0. The van der Waals surface area contributed by atoms with Crippen molar-refractivity contribution in [2.24, 2.45) is 0 Å². The molecular weight excluding hydrogens is 364 g/mol. The molecule has 1 aromatic rings. The van der Waals surface area contributed by atoms with E-state index in [1.165, 1.54) is 0 Å². The number of nitrogens with zero attached hydrogens (tertiary/aromatic N) is 2. The molecule has 27 heavy (non-hydrogen) atoms. The van der Waals surface area contributed by atoms with Crippen LogP contribution in [-0.2, 0) is 26.0 Å². The Morgan fingerprint density at radius 2 is 1.63 bits per heavy atom. The minimum Gasteiger partial charge on any atom is -0.381 e. The summed E-state index contributed by atoms with van der Waals surface area (Å²) < 4.78 is 32.8. The average molecular weight is 395 g/mol. The van der Waals surface area contributed by atoms with Gasteiger partial charge in [-0.25, -0.2) is 8.42 Å². The number of rotatable bonds is 5. The van der Waals surface area contributed by atoms with Crippen molar-refractivity contribution in [3.05, 3.63) is 29.8 Å². The van der Waals surface area contributed by atoms with Gasteiger partial charge >= 0.3 is 0 Å². The summed E-state index contributed by atoms with van der Waals surface area (Å²) in [5, 5.41) is 0. The zero-order chi connectivity index (χ0) is 19.4. The van der Waals surface area contributed by atoms with Crippen molar-refractivity contribution in [2.45, 2.75) is 62.9 Å². The van der Waals surface area contributed by atoms with Gasteiger partial charge in [0.25, 0.3) is 0 Å². The summed E-state index contributed by atoms with van der Waals surface area (Å²) in [6.45, 7) is 5.96. The lowest BCUT2D eigenvalue weighted by atomic mass is 9.99. The number of benzene rings is 1. The van der Waals surface area contributed by atoms with Gasteiger partial charge in [-0.15, -0.1) is 0 Å². The predicted octanol–water partition coefficient (Wildman–Crippen LogP) is 2.43. The fraction of sp³-hybridized carbons (Fsp3) is 0.650.